The van der Waals surface area contributed by atoms with Gasteiger partial charge in [0.25, 0.3) is 0 Å². The molecule has 0 bridgehead atoms. The van der Waals surface area contributed by atoms with E-state index in [4.69, 9.17) is 12.2 Å². The maximum Gasteiger partial charge on any atom is 0.573 e. The number of thiocarbonyl (C=S) groups is 1. The summed E-state index contributed by atoms with van der Waals surface area (Å²) in [6, 6.07) is 15.5. The van der Waals surface area contributed by atoms with Crippen molar-refractivity contribution in [2.75, 3.05) is 32.5 Å². The highest BCUT2D eigenvalue weighted by atomic mass is 32.1. The van der Waals surface area contributed by atoms with Crippen molar-refractivity contribution in [2.24, 2.45) is 0 Å². The standard InChI is InChI=1S/C20H24F3N3OS/c1-25(2)13-6-14-26(15-16-7-4-3-5-8-16)19(28)24-17-9-11-18(12-10-17)27-20(21,22)23/h3-5,7-12H,6,13-15H2,1-2H3,(H,24,28). The Hall–Kier alpha value is -2.32. The number of hydrogen-bond acceptors (Lipinski definition) is 3. The van der Waals surface area contributed by atoms with Crippen molar-refractivity contribution in [1.29, 1.82) is 0 Å². The zero-order chi connectivity index (χ0) is 20.6. The van der Waals surface area contributed by atoms with Crippen LogP contribution in [0.25, 0.3) is 0 Å². The molecule has 0 heterocycles. The quantitative estimate of drug-likeness (QED) is 0.634. The molecule has 0 spiro atoms. The third kappa shape index (κ3) is 8.14. The van der Waals surface area contributed by atoms with Crippen molar-refractivity contribution in [2.45, 2.75) is 19.3 Å². The Kier molecular flexibility index (Phi) is 8.07. The fraction of sp³-hybridized carbons (Fsp3) is 0.350. The fourth-order valence-electron chi connectivity index (χ4n) is 2.58. The van der Waals surface area contributed by atoms with Crippen LogP contribution in [0.1, 0.15) is 12.0 Å². The normalized spacial score (nSPS) is 11.4. The minimum Gasteiger partial charge on any atom is -0.406 e. The van der Waals surface area contributed by atoms with Crippen LogP contribution >= 0.6 is 12.2 Å². The molecule has 2 aromatic carbocycles. The number of hydrogen-bond donors (Lipinski definition) is 1. The van der Waals surface area contributed by atoms with E-state index in [1.165, 1.54) is 24.3 Å². The molecule has 1 N–H and O–H groups in total. The Labute approximate surface area is 168 Å². The van der Waals surface area contributed by atoms with Gasteiger partial charge < -0.3 is 19.9 Å². The Morgan fingerprint density at radius 3 is 2.21 bits per heavy atom. The average Bonchev–Trinajstić information content (AvgIpc) is 2.62. The lowest BCUT2D eigenvalue weighted by Gasteiger charge is -2.27. The molecule has 0 aliphatic rings. The Balaban J connectivity index is 2.01. The molecule has 0 saturated carbocycles. The van der Waals surface area contributed by atoms with Gasteiger partial charge in [0.05, 0.1) is 0 Å². The predicted octanol–water partition coefficient (Wildman–Crippen LogP) is 4.74. The first-order valence-corrected chi connectivity index (χ1v) is 9.24. The topological polar surface area (TPSA) is 27.7 Å². The molecule has 2 aromatic rings. The first-order valence-electron chi connectivity index (χ1n) is 8.83. The summed E-state index contributed by atoms with van der Waals surface area (Å²) < 4.78 is 40.7. The third-order valence-electron chi connectivity index (χ3n) is 3.88. The van der Waals surface area contributed by atoms with E-state index in [2.05, 4.69) is 15.0 Å². The number of anilines is 1. The number of nitrogens with zero attached hydrogens (tertiary/aromatic N) is 2. The van der Waals surface area contributed by atoms with E-state index < -0.39 is 6.36 Å². The highest BCUT2D eigenvalue weighted by molar-refractivity contribution is 7.80. The van der Waals surface area contributed by atoms with Gasteiger partial charge in [0.15, 0.2) is 5.11 Å². The molecule has 0 aliphatic heterocycles. The Morgan fingerprint density at radius 1 is 1.00 bits per heavy atom. The summed E-state index contributed by atoms with van der Waals surface area (Å²) in [5.74, 6) is -0.268. The van der Waals surface area contributed by atoms with Crippen LogP contribution in [0.15, 0.2) is 54.6 Å². The molecular weight excluding hydrogens is 387 g/mol. The van der Waals surface area contributed by atoms with Crippen LogP contribution in [0, 0.1) is 0 Å². The lowest BCUT2D eigenvalue weighted by Crippen LogP contribution is -2.36. The molecule has 0 aliphatic carbocycles. The van der Waals surface area contributed by atoms with Gasteiger partial charge in [-0.15, -0.1) is 13.2 Å². The van der Waals surface area contributed by atoms with Crippen LogP contribution < -0.4 is 10.1 Å². The van der Waals surface area contributed by atoms with Gasteiger partial charge >= 0.3 is 6.36 Å². The molecule has 0 amide bonds. The van der Waals surface area contributed by atoms with Crippen molar-refractivity contribution >= 4 is 23.0 Å². The van der Waals surface area contributed by atoms with Crippen LogP contribution in [-0.2, 0) is 6.54 Å². The summed E-state index contributed by atoms with van der Waals surface area (Å²) in [7, 11) is 4.03. The maximum atomic E-state index is 12.3. The van der Waals surface area contributed by atoms with Crippen LogP contribution in [0.4, 0.5) is 18.9 Å². The van der Waals surface area contributed by atoms with E-state index in [9.17, 15) is 13.2 Å². The van der Waals surface area contributed by atoms with Crippen LogP contribution in [0.3, 0.4) is 0 Å². The SMILES string of the molecule is CN(C)CCCN(Cc1ccccc1)C(=S)Nc1ccc(OC(F)(F)F)cc1. The zero-order valence-electron chi connectivity index (χ0n) is 15.9. The molecule has 0 unspecified atom stereocenters. The largest absolute Gasteiger partial charge is 0.573 e. The van der Waals surface area contributed by atoms with E-state index in [1.54, 1.807) is 0 Å². The smallest absolute Gasteiger partial charge is 0.406 e. The number of ether oxygens (including phenoxy) is 1. The van der Waals surface area contributed by atoms with Gasteiger partial charge in [-0.1, -0.05) is 30.3 Å². The number of rotatable bonds is 8. The van der Waals surface area contributed by atoms with Crippen LogP contribution in [0.5, 0.6) is 5.75 Å². The van der Waals surface area contributed by atoms with Crippen LogP contribution in [-0.4, -0.2) is 48.5 Å². The molecule has 2 rings (SSSR count). The van der Waals surface area contributed by atoms with Crippen molar-refractivity contribution in [3.63, 3.8) is 0 Å². The first-order chi connectivity index (χ1) is 13.2. The van der Waals surface area contributed by atoms with Crippen molar-refractivity contribution in [3.8, 4) is 5.75 Å². The summed E-state index contributed by atoms with van der Waals surface area (Å²) in [6.45, 7) is 2.33. The molecule has 0 atom stereocenters. The molecule has 0 saturated heterocycles. The lowest BCUT2D eigenvalue weighted by molar-refractivity contribution is -0.274. The maximum absolute atomic E-state index is 12.3. The number of alkyl halides is 3. The Morgan fingerprint density at radius 2 is 1.64 bits per heavy atom. The van der Waals surface area contributed by atoms with Crippen molar-refractivity contribution < 1.29 is 17.9 Å². The summed E-state index contributed by atoms with van der Waals surface area (Å²) >= 11 is 5.55. The molecule has 0 aromatic heterocycles. The van der Waals surface area contributed by atoms with Crippen molar-refractivity contribution in [1.82, 2.24) is 9.80 Å². The zero-order valence-corrected chi connectivity index (χ0v) is 16.7. The minimum atomic E-state index is -4.71. The van der Waals surface area contributed by atoms with Gasteiger partial charge in [-0.2, -0.15) is 0 Å². The highest BCUT2D eigenvalue weighted by Crippen LogP contribution is 2.24. The second kappa shape index (κ2) is 10.3. The average molecular weight is 411 g/mol. The predicted molar refractivity (Wildman–Crippen MR) is 109 cm³/mol. The van der Waals surface area contributed by atoms with E-state index in [0.717, 1.165) is 25.1 Å². The van der Waals surface area contributed by atoms with Gasteiger partial charge in [0, 0.05) is 18.8 Å². The molecule has 0 radical (unpaired) electrons. The summed E-state index contributed by atoms with van der Waals surface area (Å²) in [4.78, 5) is 4.16. The lowest BCUT2D eigenvalue weighted by atomic mass is 10.2. The second-order valence-corrected chi connectivity index (χ2v) is 6.95. The summed E-state index contributed by atoms with van der Waals surface area (Å²) in [5, 5.41) is 3.62. The van der Waals surface area contributed by atoms with E-state index in [-0.39, 0.29) is 5.75 Å². The van der Waals surface area contributed by atoms with E-state index >= 15 is 0 Å². The van der Waals surface area contributed by atoms with Gasteiger partial charge in [0.1, 0.15) is 5.75 Å². The molecular formula is C20H24F3N3OS. The number of benzene rings is 2. The molecule has 152 valence electrons. The van der Waals surface area contributed by atoms with Gasteiger partial charge in [0.2, 0.25) is 0 Å². The molecule has 0 fully saturated rings. The monoisotopic (exact) mass is 411 g/mol. The third-order valence-corrected chi connectivity index (χ3v) is 4.24. The van der Waals surface area contributed by atoms with Gasteiger partial charge in [-0.3, -0.25) is 0 Å². The fourth-order valence-corrected chi connectivity index (χ4v) is 2.85. The number of nitrogens with one attached hydrogen (secondary N) is 1. The summed E-state index contributed by atoms with van der Waals surface area (Å²) in [5.41, 5.74) is 1.73. The second-order valence-electron chi connectivity index (χ2n) is 6.57. The molecule has 8 heteroatoms. The highest BCUT2D eigenvalue weighted by Gasteiger charge is 2.30. The minimum absolute atomic E-state index is 0.268. The van der Waals surface area contributed by atoms with Gasteiger partial charge in [-0.25, -0.2) is 0 Å². The molecule has 28 heavy (non-hydrogen) atoms. The summed E-state index contributed by atoms with van der Waals surface area (Å²) in [6.07, 6.45) is -3.77. The van der Waals surface area contributed by atoms with Crippen molar-refractivity contribution in [3.05, 3.63) is 60.2 Å². The van der Waals surface area contributed by atoms with E-state index in [1.807, 2.05) is 49.3 Å². The van der Waals surface area contributed by atoms with E-state index in [0.29, 0.717) is 17.3 Å². The number of halogens is 3. The van der Waals surface area contributed by atoms with Crippen LogP contribution in [0.2, 0.25) is 0 Å². The Bertz CT molecular complexity index is 737. The van der Waals surface area contributed by atoms with Gasteiger partial charge in [-0.05, 0) is 69.1 Å². The molecule has 4 nitrogen and oxygen atoms in total. The first kappa shape index (κ1) is 22.0.